The van der Waals surface area contributed by atoms with Gasteiger partial charge in [-0.3, -0.25) is 4.68 Å². The monoisotopic (exact) mass is 674 g/mol. The molecule has 6 nitrogen and oxygen atoms in total. The number of halogens is 2. The predicted octanol–water partition coefficient (Wildman–Crippen LogP) is 6.36. The zero-order chi connectivity index (χ0) is 22.1. The number of hydrogen-bond donors (Lipinski definition) is 1. The van der Waals surface area contributed by atoms with Gasteiger partial charge >= 0.3 is 5.97 Å². The number of aryl methyl sites for hydroxylation is 2. The van der Waals surface area contributed by atoms with E-state index in [1.54, 1.807) is 33.4 Å². The zero-order valence-corrected chi connectivity index (χ0v) is 22.4. The number of aromatic carboxylic acids is 1. The van der Waals surface area contributed by atoms with Gasteiger partial charge in [0, 0.05) is 11.3 Å². The van der Waals surface area contributed by atoms with E-state index in [4.69, 9.17) is 5.11 Å². The van der Waals surface area contributed by atoms with Crippen molar-refractivity contribution in [3.05, 3.63) is 71.0 Å². The smallest absolute Gasteiger partial charge is 0.356 e. The van der Waals surface area contributed by atoms with Gasteiger partial charge in [-0.2, -0.15) is 5.10 Å². The minimum atomic E-state index is -1.01. The maximum atomic E-state index is 10.9. The van der Waals surface area contributed by atoms with Crippen molar-refractivity contribution in [2.45, 2.75) is 20.4 Å². The highest BCUT2D eigenvalue weighted by atomic mass is 127. The number of thiazole rings is 2. The number of para-hydroxylation sites is 2. The maximum absolute atomic E-state index is 10.9. The molecule has 0 saturated carbocycles. The van der Waals surface area contributed by atoms with E-state index in [1.165, 1.54) is 10.3 Å². The molecule has 3 heterocycles. The van der Waals surface area contributed by atoms with Gasteiger partial charge in [0.15, 0.2) is 11.7 Å². The molecule has 0 aliphatic carbocycles. The Morgan fingerprint density at radius 3 is 2.23 bits per heavy atom. The second-order valence-corrected chi connectivity index (χ2v) is 12.3. The van der Waals surface area contributed by atoms with E-state index in [0.717, 1.165) is 33.0 Å². The molecule has 0 spiro atoms. The number of hydrogen-bond acceptors (Lipinski definition) is 6. The molecule has 0 amide bonds. The molecule has 158 valence electrons. The molecule has 5 rings (SSSR count). The van der Waals surface area contributed by atoms with E-state index in [1.807, 2.05) is 25.1 Å². The van der Waals surface area contributed by atoms with Crippen molar-refractivity contribution >= 4 is 94.3 Å². The first-order valence-electron chi connectivity index (χ1n) is 9.15. The van der Waals surface area contributed by atoms with Gasteiger partial charge < -0.3 is 5.11 Å². The molecule has 0 aliphatic rings. The Bertz CT molecular complexity index is 1410. The number of carbonyl (C=O) groups is 1. The van der Waals surface area contributed by atoms with Gasteiger partial charge in [0.25, 0.3) is 0 Å². The zero-order valence-electron chi connectivity index (χ0n) is 16.5. The second kappa shape index (κ2) is 9.46. The SMILES string of the molecule is Cc1cc(C(=O)O)nn1Cc1cccc2sc(I)nc12.Cc1cccc2sc(I)nc12. The normalized spacial score (nSPS) is 11.0. The Balaban J connectivity index is 0.000000177. The van der Waals surface area contributed by atoms with Crippen molar-refractivity contribution in [2.75, 3.05) is 0 Å². The van der Waals surface area contributed by atoms with E-state index in [2.05, 4.69) is 85.4 Å². The summed E-state index contributed by atoms with van der Waals surface area (Å²) in [5.41, 5.74) is 5.33. The summed E-state index contributed by atoms with van der Waals surface area (Å²) in [6, 6.07) is 13.9. The number of carboxylic acid groups (broad SMARTS) is 1. The van der Waals surface area contributed by atoms with E-state index in [9.17, 15) is 4.79 Å². The summed E-state index contributed by atoms with van der Waals surface area (Å²) < 4.78 is 6.23. The van der Waals surface area contributed by atoms with Gasteiger partial charge in [0.05, 0.1) is 27.0 Å². The first-order valence-corrected chi connectivity index (χ1v) is 12.9. The molecule has 0 atom stereocenters. The van der Waals surface area contributed by atoms with Gasteiger partial charge in [-0.05, 0) is 82.8 Å². The van der Waals surface area contributed by atoms with Gasteiger partial charge in [0.1, 0.15) is 0 Å². The van der Waals surface area contributed by atoms with E-state index in [0.29, 0.717) is 6.54 Å². The van der Waals surface area contributed by atoms with Crippen molar-refractivity contribution in [1.82, 2.24) is 19.7 Å². The predicted molar refractivity (Wildman–Crippen MR) is 142 cm³/mol. The fourth-order valence-electron chi connectivity index (χ4n) is 3.10. The minimum absolute atomic E-state index is 0.0718. The summed E-state index contributed by atoms with van der Waals surface area (Å²) in [6.07, 6.45) is 0. The highest BCUT2D eigenvalue weighted by Gasteiger charge is 2.13. The van der Waals surface area contributed by atoms with E-state index in [-0.39, 0.29) is 5.69 Å². The molecule has 5 aromatic rings. The maximum Gasteiger partial charge on any atom is 0.356 e. The fraction of sp³-hybridized carbons (Fsp3) is 0.143. The summed E-state index contributed by atoms with van der Waals surface area (Å²) in [5.74, 6) is -1.01. The lowest BCUT2D eigenvalue weighted by Crippen LogP contribution is -2.06. The molecule has 2 aromatic carbocycles. The highest BCUT2D eigenvalue weighted by Crippen LogP contribution is 2.27. The Labute approximate surface area is 213 Å². The average Bonchev–Trinajstić information content (AvgIpc) is 3.39. The van der Waals surface area contributed by atoms with Gasteiger partial charge in [-0.25, -0.2) is 14.8 Å². The van der Waals surface area contributed by atoms with Gasteiger partial charge in [0.2, 0.25) is 0 Å². The molecular weight excluding hydrogens is 658 g/mol. The third-order valence-corrected chi connectivity index (χ3v) is 8.01. The number of aromatic nitrogens is 4. The summed E-state index contributed by atoms with van der Waals surface area (Å²) >= 11 is 7.85. The molecule has 0 saturated heterocycles. The number of fused-ring (bicyclic) bond motifs is 2. The van der Waals surface area contributed by atoms with Crippen LogP contribution in [0.1, 0.15) is 27.3 Å². The minimum Gasteiger partial charge on any atom is -0.476 e. The van der Waals surface area contributed by atoms with Crippen molar-refractivity contribution in [1.29, 1.82) is 0 Å². The number of benzene rings is 2. The van der Waals surface area contributed by atoms with Crippen molar-refractivity contribution in [2.24, 2.45) is 0 Å². The lowest BCUT2D eigenvalue weighted by Gasteiger charge is -2.05. The van der Waals surface area contributed by atoms with Crippen LogP contribution in [0.4, 0.5) is 0 Å². The van der Waals surface area contributed by atoms with Crippen LogP contribution in [0.15, 0.2) is 42.5 Å². The first-order chi connectivity index (χ1) is 14.8. The lowest BCUT2D eigenvalue weighted by molar-refractivity contribution is 0.0689. The number of carboxylic acids is 1. The molecule has 0 unspecified atom stereocenters. The van der Waals surface area contributed by atoms with Crippen LogP contribution in [0.5, 0.6) is 0 Å². The molecule has 10 heteroatoms. The average molecular weight is 674 g/mol. The third kappa shape index (κ3) is 5.07. The standard InChI is InChI=1S/C13H10IN3O2S.C8H6INS/c1-7-5-9(12(18)19)16-17(7)6-8-3-2-4-10-11(8)15-13(14)20-10;1-5-3-2-4-6-7(5)10-8(9)11-6/h2-5H,6H2,1H3,(H,18,19);2-4H,1H3. The van der Waals surface area contributed by atoms with Crippen molar-refractivity contribution in [3.8, 4) is 0 Å². The molecule has 0 radical (unpaired) electrons. The number of rotatable bonds is 3. The summed E-state index contributed by atoms with van der Waals surface area (Å²) in [6.45, 7) is 4.47. The summed E-state index contributed by atoms with van der Waals surface area (Å²) in [4.78, 5) is 19.9. The first kappa shape index (κ1) is 22.6. The molecule has 3 aromatic heterocycles. The van der Waals surface area contributed by atoms with Crippen LogP contribution >= 0.6 is 67.9 Å². The van der Waals surface area contributed by atoms with Crippen molar-refractivity contribution in [3.63, 3.8) is 0 Å². The Morgan fingerprint density at radius 2 is 1.61 bits per heavy atom. The van der Waals surface area contributed by atoms with Gasteiger partial charge in [-0.15, -0.1) is 22.7 Å². The summed E-state index contributed by atoms with van der Waals surface area (Å²) in [7, 11) is 0. The van der Waals surface area contributed by atoms with Crippen LogP contribution in [-0.4, -0.2) is 30.8 Å². The van der Waals surface area contributed by atoms with Crippen LogP contribution in [0.25, 0.3) is 20.4 Å². The van der Waals surface area contributed by atoms with Crippen molar-refractivity contribution < 1.29 is 9.90 Å². The molecule has 0 aliphatic heterocycles. The highest BCUT2D eigenvalue weighted by molar-refractivity contribution is 14.1. The van der Waals surface area contributed by atoms with Crippen LogP contribution in [0.3, 0.4) is 0 Å². The Hall–Kier alpha value is -1.64. The topological polar surface area (TPSA) is 80.9 Å². The molecule has 31 heavy (non-hydrogen) atoms. The fourth-order valence-corrected chi connectivity index (χ4v) is 6.51. The Kier molecular flexibility index (Phi) is 6.89. The quantitative estimate of drug-likeness (QED) is 0.226. The molecular formula is C21H16I2N4O2S2. The molecule has 1 N–H and O–H groups in total. The number of nitrogens with zero attached hydrogens (tertiary/aromatic N) is 4. The second-order valence-electron chi connectivity index (χ2n) is 6.75. The molecule has 0 bridgehead atoms. The van der Waals surface area contributed by atoms with Crippen LogP contribution in [0.2, 0.25) is 0 Å². The summed E-state index contributed by atoms with van der Waals surface area (Å²) in [5, 5.41) is 13.1. The van der Waals surface area contributed by atoms with E-state index < -0.39 is 5.97 Å². The molecule has 0 fully saturated rings. The van der Waals surface area contributed by atoms with Crippen LogP contribution in [-0.2, 0) is 6.54 Å². The largest absolute Gasteiger partial charge is 0.476 e. The van der Waals surface area contributed by atoms with E-state index >= 15 is 0 Å². The van der Waals surface area contributed by atoms with Crippen LogP contribution in [0, 0.1) is 19.9 Å². The van der Waals surface area contributed by atoms with Crippen LogP contribution < -0.4 is 0 Å². The lowest BCUT2D eigenvalue weighted by atomic mass is 10.2. The third-order valence-electron chi connectivity index (χ3n) is 4.59. The van der Waals surface area contributed by atoms with Gasteiger partial charge in [-0.1, -0.05) is 24.3 Å². The Morgan fingerprint density at radius 1 is 1.00 bits per heavy atom.